The van der Waals surface area contributed by atoms with Crippen molar-refractivity contribution in [3.63, 3.8) is 0 Å². The predicted molar refractivity (Wildman–Crippen MR) is 96.1 cm³/mol. The van der Waals surface area contributed by atoms with Crippen LogP contribution in [-0.4, -0.2) is 26.0 Å². The summed E-state index contributed by atoms with van der Waals surface area (Å²) < 4.78 is 29.2. The molecule has 0 heterocycles. The summed E-state index contributed by atoms with van der Waals surface area (Å²) in [6.45, 7) is 0. The fourth-order valence-electron chi connectivity index (χ4n) is 2.61. The molecule has 1 aromatic rings. The summed E-state index contributed by atoms with van der Waals surface area (Å²) in [5.74, 6) is 0. The second-order valence-corrected chi connectivity index (χ2v) is 9.71. The number of hydrogen-bond acceptors (Lipinski definition) is 4. The lowest BCUT2D eigenvalue weighted by Crippen LogP contribution is -2.39. The Morgan fingerprint density at radius 1 is 1.33 bits per heavy atom. The molecule has 0 aromatic heterocycles. The second kappa shape index (κ2) is 7.21. The zero-order valence-electron chi connectivity index (χ0n) is 11.6. The van der Waals surface area contributed by atoms with Gasteiger partial charge in [-0.3, -0.25) is 0 Å². The van der Waals surface area contributed by atoms with E-state index in [0.717, 1.165) is 30.2 Å². The predicted octanol–water partition coefficient (Wildman–Crippen LogP) is 3.75. The topological polar surface area (TPSA) is 72.2 Å². The Balaban J connectivity index is 2.23. The van der Waals surface area contributed by atoms with Gasteiger partial charge in [0.25, 0.3) is 0 Å². The van der Waals surface area contributed by atoms with Gasteiger partial charge in [-0.1, -0.05) is 22.4 Å². The first kappa shape index (κ1) is 17.6. The summed E-state index contributed by atoms with van der Waals surface area (Å²) in [6.07, 6.45) is 6.03. The minimum Gasteiger partial charge on any atom is -0.398 e. The van der Waals surface area contributed by atoms with E-state index in [1.807, 2.05) is 0 Å². The van der Waals surface area contributed by atoms with Gasteiger partial charge in [0.1, 0.15) is 4.90 Å². The number of anilines is 1. The standard InChI is InChI=1S/C13H18Br2N2O2S2/c1-20-10-4-2-3-9(7-10)17-21(18,19)13-11(15)5-8(14)6-12(13)16/h5-6,9-10,17H,2-4,7,16H2,1H3. The summed E-state index contributed by atoms with van der Waals surface area (Å²) >= 11 is 8.40. The van der Waals surface area contributed by atoms with Crippen LogP contribution < -0.4 is 10.5 Å². The third-order valence-corrected chi connectivity index (χ3v) is 7.66. The van der Waals surface area contributed by atoms with E-state index < -0.39 is 10.0 Å². The summed E-state index contributed by atoms with van der Waals surface area (Å²) in [6, 6.07) is 3.28. The Hall–Kier alpha value is 0.240. The van der Waals surface area contributed by atoms with Crippen molar-refractivity contribution in [2.45, 2.75) is 41.9 Å². The van der Waals surface area contributed by atoms with E-state index in [9.17, 15) is 8.42 Å². The van der Waals surface area contributed by atoms with Crippen molar-refractivity contribution in [2.75, 3.05) is 12.0 Å². The van der Waals surface area contributed by atoms with Crippen LogP contribution in [0.5, 0.6) is 0 Å². The molecule has 0 spiro atoms. The second-order valence-electron chi connectivity index (χ2n) is 5.15. The number of sulfonamides is 1. The molecule has 1 aliphatic rings. The highest BCUT2D eigenvalue weighted by Gasteiger charge is 2.28. The van der Waals surface area contributed by atoms with E-state index in [-0.39, 0.29) is 16.6 Å². The molecule has 3 N–H and O–H groups in total. The van der Waals surface area contributed by atoms with Gasteiger partial charge in [0.2, 0.25) is 10.0 Å². The van der Waals surface area contributed by atoms with Crippen molar-refractivity contribution in [2.24, 2.45) is 0 Å². The Bertz CT molecular complexity index is 600. The highest BCUT2D eigenvalue weighted by atomic mass is 79.9. The van der Waals surface area contributed by atoms with Crippen molar-refractivity contribution < 1.29 is 8.42 Å². The summed E-state index contributed by atoms with van der Waals surface area (Å²) in [7, 11) is -3.62. The molecule has 1 fully saturated rings. The molecular formula is C13H18Br2N2O2S2. The number of nitrogen functional groups attached to an aromatic ring is 1. The molecule has 4 nitrogen and oxygen atoms in total. The Kier molecular flexibility index (Phi) is 6.04. The van der Waals surface area contributed by atoms with Crippen LogP contribution in [0.4, 0.5) is 5.69 Å². The molecule has 1 aromatic carbocycles. The molecule has 0 saturated heterocycles. The van der Waals surface area contributed by atoms with Gasteiger partial charge < -0.3 is 5.73 Å². The summed E-state index contributed by atoms with van der Waals surface area (Å²) in [4.78, 5) is 0.122. The van der Waals surface area contributed by atoms with Gasteiger partial charge in [-0.15, -0.1) is 0 Å². The van der Waals surface area contributed by atoms with Crippen molar-refractivity contribution in [1.29, 1.82) is 0 Å². The van der Waals surface area contributed by atoms with E-state index in [2.05, 4.69) is 42.8 Å². The van der Waals surface area contributed by atoms with E-state index in [1.54, 1.807) is 23.9 Å². The van der Waals surface area contributed by atoms with Gasteiger partial charge in [0, 0.05) is 20.2 Å². The fraction of sp³-hybridized carbons (Fsp3) is 0.538. The van der Waals surface area contributed by atoms with E-state index in [0.29, 0.717) is 9.72 Å². The maximum Gasteiger partial charge on any atom is 0.243 e. The van der Waals surface area contributed by atoms with Crippen molar-refractivity contribution in [3.8, 4) is 0 Å². The van der Waals surface area contributed by atoms with E-state index in [1.165, 1.54) is 0 Å². The maximum atomic E-state index is 12.6. The van der Waals surface area contributed by atoms with Gasteiger partial charge in [0.15, 0.2) is 0 Å². The first-order valence-corrected chi connectivity index (χ1v) is 11.0. The molecule has 1 aliphatic carbocycles. The van der Waals surface area contributed by atoms with Crippen molar-refractivity contribution >= 4 is 59.3 Å². The average Bonchev–Trinajstić information content (AvgIpc) is 2.36. The third kappa shape index (κ3) is 4.37. The lowest BCUT2D eigenvalue weighted by atomic mass is 9.96. The Labute approximate surface area is 146 Å². The van der Waals surface area contributed by atoms with Gasteiger partial charge in [-0.2, -0.15) is 11.8 Å². The molecule has 0 aliphatic heterocycles. The van der Waals surface area contributed by atoms with Crippen LogP contribution in [0.15, 0.2) is 26.0 Å². The minimum absolute atomic E-state index is 0.0175. The fourth-order valence-corrected chi connectivity index (χ4v) is 6.79. The largest absolute Gasteiger partial charge is 0.398 e. The van der Waals surface area contributed by atoms with Crippen LogP contribution in [-0.2, 0) is 10.0 Å². The summed E-state index contributed by atoms with van der Waals surface area (Å²) in [5.41, 5.74) is 6.12. The lowest BCUT2D eigenvalue weighted by Gasteiger charge is -2.28. The number of thioether (sulfide) groups is 1. The van der Waals surface area contributed by atoms with E-state index >= 15 is 0 Å². The molecule has 8 heteroatoms. The normalized spacial score (nSPS) is 23.2. The van der Waals surface area contributed by atoms with Crippen LogP contribution in [0.1, 0.15) is 25.7 Å². The van der Waals surface area contributed by atoms with Crippen LogP contribution in [0, 0.1) is 0 Å². The number of hydrogen-bond donors (Lipinski definition) is 2. The first-order chi connectivity index (χ1) is 9.83. The minimum atomic E-state index is -3.62. The highest BCUT2D eigenvalue weighted by Crippen LogP contribution is 2.33. The number of nitrogens with one attached hydrogen (secondary N) is 1. The van der Waals surface area contributed by atoms with Gasteiger partial charge in [0.05, 0.1) is 5.69 Å². The van der Waals surface area contributed by atoms with Crippen molar-refractivity contribution in [1.82, 2.24) is 4.72 Å². The molecule has 1 saturated carbocycles. The molecule has 2 atom stereocenters. The molecule has 2 rings (SSSR count). The summed E-state index contributed by atoms with van der Waals surface area (Å²) in [5, 5.41) is 0.525. The molecule has 0 amide bonds. The van der Waals surface area contributed by atoms with Crippen LogP contribution in [0.2, 0.25) is 0 Å². The van der Waals surface area contributed by atoms with Crippen LogP contribution in [0.3, 0.4) is 0 Å². The Morgan fingerprint density at radius 3 is 2.67 bits per heavy atom. The molecular weight excluding hydrogens is 440 g/mol. The molecule has 21 heavy (non-hydrogen) atoms. The molecule has 2 unspecified atom stereocenters. The van der Waals surface area contributed by atoms with Crippen LogP contribution >= 0.6 is 43.6 Å². The zero-order valence-corrected chi connectivity index (χ0v) is 16.4. The Morgan fingerprint density at radius 2 is 2.05 bits per heavy atom. The van der Waals surface area contributed by atoms with Gasteiger partial charge in [-0.05, 0) is 53.6 Å². The number of halogens is 2. The monoisotopic (exact) mass is 456 g/mol. The number of benzene rings is 1. The average molecular weight is 458 g/mol. The smallest absolute Gasteiger partial charge is 0.243 e. The van der Waals surface area contributed by atoms with Gasteiger partial charge in [-0.25, -0.2) is 13.1 Å². The first-order valence-electron chi connectivity index (χ1n) is 6.63. The third-order valence-electron chi connectivity index (χ3n) is 3.59. The molecule has 0 radical (unpaired) electrons. The molecule has 118 valence electrons. The van der Waals surface area contributed by atoms with E-state index in [4.69, 9.17) is 5.73 Å². The van der Waals surface area contributed by atoms with Gasteiger partial charge >= 0.3 is 0 Å². The SMILES string of the molecule is CSC1CCCC(NS(=O)(=O)c2c(N)cc(Br)cc2Br)C1. The highest BCUT2D eigenvalue weighted by molar-refractivity contribution is 9.11. The number of nitrogens with two attached hydrogens (primary N) is 1. The quantitative estimate of drug-likeness (QED) is 0.675. The lowest BCUT2D eigenvalue weighted by molar-refractivity contribution is 0.421. The zero-order chi connectivity index (χ0) is 15.6. The molecule has 0 bridgehead atoms. The van der Waals surface area contributed by atoms with Crippen molar-refractivity contribution in [3.05, 3.63) is 21.1 Å². The maximum absolute atomic E-state index is 12.6. The van der Waals surface area contributed by atoms with Crippen LogP contribution in [0.25, 0.3) is 0 Å². The number of rotatable bonds is 4.